The highest BCUT2D eigenvalue weighted by atomic mass is 15.2. The van der Waals surface area contributed by atoms with Crippen LogP contribution in [-0.2, 0) is 0 Å². The van der Waals surface area contributed by atoms with E-state index in [1.807, 2.05) is 26.4 Å². The molecule has 0 amide bonds. The smallest absolute Gasteiger partial charge is 0.0906 e. The van der Waals surface area contributed by atoms with Crippen LogP contribution < -0.4 is 0 Å². The molecule has 11 heavy (non-hydrogen) atoms. The van der Waals surface area contributed by atoms with Crippen molar-refractivity contribution in [2.24, 2.45) is 4.99 Å². The highest BCUT2D eigenvalue weighted by molar-refractivity contribution is 5.56. The van der Waals surface area contributed by atoms with Crippen molar-refractivity contribution in [3.63, 3.8) is 0 Å². The fourth-order valence-electron chi connectivity index (χ4n) is 0.398. The van der Waals surface area contributed by atoms with Crippen molar-refractivity contribution in [1.29, 1.82) is 0 Å². The Morgan fingerprint density at radius 3 is 2.18 bits per heavy atom. The Labute approximate surface area is 69.6 Å². The van der Waals surface area contributed by atoms with E-state index in [0.717, 1.165) is 0 Å². The van der Waals surface area contributed by atoms with Crippen molar-refractivity contribution in [3.8, 4) is 0 Å². The summed E-state index contributed by atoms with van der Waals surface area (Å²) in [6.45, 7) is 8.40. The zero-order valence-electron chi connectivity index (χ0n) is 8.13. The zero-order valence-corrected chi connectivity index (χ0v) is 8.13. The Hall–Kier alpha value is -0.790. The van der Waals surface area contributed by atoms with Crippen molar-refractivity contribution in [2.75, 3.05) is 7.05 Å². The van der Waals surface area contributed by atoms with Gasteiger partial charge in [0, 0.05) is 18.8 Å². The Balaban J connectivity index is 3.96. The molecule has 0 unspecified atom stereocenters. The van der Waals surface area contributed by atoms with Crippen molar-refractivity contribution in [3.05, 3.63) is 12.3 Å². The van der Waals surface area contributed by atoms with Crippen LogP contribution in [0.3, 0.4) is 0 Å². The molecule has 0 radical (unpaired) electrons. The van der Waals surface area contributed by atoms with Gasteiger partial charge in [-0.25, -0.2) is 4.99 Å². The highest BCUT2D eigenvalue weighted by Crippen LogP contribution is 2.07. The van der Waals surface area contributed by atoms with Gasteiger partial charge in [-0.1, -0.05) is 6.08 Å². The number of aliphatic imine (C=N–C) groups is 1. The van der Waals surface area contributed by atoms with Gasteiger partial charge in [-0.2, -0.15) is 0 Å². The summed E-state index contributed by atoms with van der Waals surface area (Å²) < 4.78 is 0. The summed E-state index contributed by atoms with van der Waals surface area (Å²) in [4.78, 5) is 6.15. The average molecular weight is 154 g/mol. The molecule has 0 saturated carbocycles. The topological polar surface area (TPSA) is 15.6 Å². The Bertz CT molecular complexity index is 151. The molecule has 0 heterocycles. The summed E-state index contributed by atoms with van der Waals surface area (Å²) >= 11 is 0. The van der Waals surface area contributed by atoms with Gasteiger partial charge in [-0.3, -0.25) is 0 Å². The minimum atomic E-state index is 0.158. The summed E-state index contributed by atoms with van der Waals surface area (Å²) in [5.74, 6) is 0. The van der Waals surface area contributed by atoms with Crippen LogP contribution in [0.1, 0.15) is 27.7 Å². The molecule has 0 aliphatic carbocycles. The van der Waals surface area contributed by atoms with E-state index >= 15 is 0 Å². The van der Waals surface area contributed by atoms with Crippen LogP contribution in [0.4, 0.5) is 0 Å². The Morgan fingerprint density at radius 2 is 1.82 bits per heavy atom. The van der Waals surface area contributed by atoms with E-state index in [1.54, 1.807) is 6.20 Å². The quantitative estimate of drug-likeness (QED) is 0.440. The molecule has 0 aliphatic heterocycles. The van der Waals surface area contributed by atoms with E-state index in [1.165, 1.54) is 0 Å². The number of allylic oxidation sites excluding steroid dienone is 1. The lowest BCUT2D eigenvalue weighted by Crippen LogP contribution is -2.36. The first-order chi connectivity index (χ1) is 4.98. The third kappa shape index (κ3) is 4.59. The van der Waals surface area contributed by atoms with Gasteiger partial charge < -0.3 is 4.90 Å². The normalized spacial score (nSPS) is 13.2. The lowest BCUT2D eigenvalue weighted by Gasteiger charge is -2.29. The first-order valence-electron chi connectivity index (χ1n) is 3.86. The first-order valence-corrected chi connectivity index (χ1v) is 3.86. The molecule has 0 rings (SSSR count). The Kier molecular flexibility index (Phi) is 3.86. The number of hydrogen-bond donors (Lipinski definition) is 0. The van der Waals surface area contributed by atoms with Crippen LogP contribution >= 0.6 is 0 Å². The van der Waals surface area contributed by atoms with E-state index in [4.69, 9.17) is 0 Å². The summed E-state index contributed by atoms with van der Waals surface area (Å²) in [6.07, 6.45) is 5.52. The molecule has 0 aromatic carbocycles. The molecule has 0 N–H and O–H groups in total. The van der Waals surface area contributed by atoms with Crippen LogP contribution in [0.15, 0.2) is 17.3 Å². The van der Waals surface area contributed by atoms with Crippen LogP contribution in [0, 0.1) is 0 Å². The van der Waals surface area contributed by atoms with Gasteiger partial charge >= 0.3 is 0 Å². The van der Waals surface area contributed by atoms with Crippen LogP contribution in [0.2, 0.25) is 0 Å². The van der Waals surface area contributed by atoms with Gasteiger partial charge in [0.25, 0.3) is 0 Å². The minimum Gasteiger partial charge on any atom is -0.361 e. The SMILES string of the molecule is CC=C/N=C\N(C)C(C)(C)C. The van der Waals surface area contributed by atoms with Crippen LogP contribution in [-0.4, -0.2) is 23.8 Å². The molecule has 0 aromatic rings. The molecular formula is C9H18N2. The van der Waals surface area contributed by atoms with Crippen molar-refractivity contribution in [1.82, 2.24) is 4.90 Å². The summed E-state index contributed by atoms with van der Waals surface area (Å²) in [5, 5.41) is 0. The Morgan fingerprint density at radius 1 is 1.27 bits per heavy atom. The largest absolute Gasteiger partial charge is 0.361 e. The highest BCUT2D eigenvalue weighted by Gasteiger charge is 2.12. The third-order valence-corrected chi connectivity index (χ3v) is 1.53. The lowest BCUT2D eigenvalue weighted by molar-refractivity contribution is 0.290. The molecule has 0 saturated heterocycles. The molecule has 0 bridgehead atoms. The molecule has 0 aliphatic rings. The maximum absolute atomic E-state index is 4.08. The van der Waals surface area contributed by atoms with E-state index in [2.05, 4.69) is 30.7 Å². The van der Waals surface area contributed by atoms with Gasteiger partial charge in [0.2, 0.25) is 0 Å². The van der Waals surface area contributed by atoms with Gasteiger partial charge in [-0.05, 0) is 27.7 Å². The predicted molar refractivity (Wildman–Crippen MR) is 50.8 cm³/mol. The standard InChI is InChI=1S/C9H18N2/c1-6-7-10-8-11(5)9(2,3)4/h6-8H,1-5H3/b7-6?,10-8-. The molecule has 0 spiro atoms. The lowest BCUT2D eigenvalue weighted by atomic mass is 10.1. The minimum absolute atomic E-state index is 0.158. The second-order valence-electron chi connectivity index (χ2n) is 3.53. The molecule has 64 valence electrons. The van der Waals surface area contributed by atoms with E-state index < -0.39 is 0 Å². The van der Waals surface area contributed by atoms with Crippen LogP contribution in [0.25, 0.3) is 0 Å². The number of hydrogen-bond acceptors (Lipinski definition) is 1. The third-order valence-electron chi connectivity index (χ3n) is 1.53. The molecule has 0 aromatic heterocycles. The first kappa shape index (κ1) is 10.2. The second-order valence-corrected chi connectivity index (χ2v) is 3.53. The van der Waals surface area contributed by atoms with Crippen molar-refractivity contribution in [2.45, 2.75) is 33.2 Å². The number of rotatable bonds is 2. The molecule has 2 nitrogen and oxygen atoms in total. The van der Waals surface area contributed by atoms with Crippen LogP contribution in [0.5, 0.6) is 0 Å². The molecule has 0 fully saturated rings. The fourth-order valence-corrected chi connectivity index (χ4v) is 0.398. The van der Waals surface area contributed by atoms with E-state index in [0.29, 0.717) is 0 Å². The van der Waals surface area contributed by atoms with Gasteiger partial charge in [0.15, 0.2) is 0 Å². The van der Waals surface area contributed by atoms with Crippen molar-refractivity contribution < 1.29 is 0 Å². The zero-order chi connectivity index (χ0) is 8.91. The molecule has 0 atom stereocenters. The number of nitrogens with zero attached hydrogens (tertiary/aromatic N) is 2. The monoisotopic (exact) mass is 154 g/mol. The average Bonchev–Trinajstić information content (AvgIpc) is 1.86. The summed E-state index contributed by atoms with van der Waals surface area (Å²) in [6, 6.07) is 0. The molecular weight excluding hydrogens is 136 g/mol. The second kappa shape index (κ2) is 4.16. The summed E-state index contributed by atoms with van der Waals surface area (Å²) in [7, 11) is 2.02. The van der Waals surface area contributed by atoms with Crippen molar-refractivity contribution >= 4 is 6.34 Å². The summed E-state index contributed by atoms with van der Waals surface area (Å²) in [5.41, 5.74) is 0.158. The van der Waals surface area contributed by atoms with Gasteiger partial charge in [0.05, 0.1) is 6.34 Å². The predicted octanol–water partition coefficient (Wildman–Crippen LogP) is 2.28. The maximum Gasteiger partial charge on any atom is 0.0906 e. The maximum atomic E-state index is 4.08. The van der Waals surface area contributed by atoms with E-state index in [-0.39, 0.29) is 5.54 Å². The van der Waals surface area contributed by atoms with E-state index in [9.17, 15) is 0 Å². The molecule has 2 heteroatoms. The van der Waals surface area contributed by atoms with Gasteiger partial charge in [-0.15, -0.1) is 0 Å². The van der Waals surface area contributed by atoms with Gasteiger partial charge in [0.1, 0.15) is 0 Å². The fraction of sp³-hybridized carbons (Fsp3) is 0.667.